The van der Waals surface area contributed by atoms with Gasteiger partial charge in [0.15, 0.2) is 5.76 Å². The van der Waals surface area contributed by atoms with Crippen LogP contribution in [-0.4, -0.2) is 11.1 Å². The summed E-state index contributed by atoms with van der Waals surface area (Å²) in [6.45, 7) is 3.38. The van der Waals surface area contributed by atoms with Crippen molar-refractivity contribution in [2.45, 2.75) is 26.2 Å². The number of hydrogen-bond acceptors (Lipinski definition) is 3. The number of hydrogen-bond donors (Lipinski definition) is 1. The number of nitrogens with zero attached hydrogens (tertiary/aromatic N) is 1. The molecule has 1 N–H and O–H groups in total. The van der Waals surface area contributed by atoms with Crippen LogP contribution in [0.2, 0.25) is 0 Å². The van der Waals surface area contributed by atoms with Crippen LogP contribution in [0.25, 0.3) is 0 Å². The Kier molecular flexibility index (Phi) is 4.12. The normalized spacial score (nSPS) is 12.2. The van der Waals surface area contributed by atoms with Gasteiger partial charge in [0.2, 0.25) is 5.91 Å². The van der Waals surface area contributed by atoms with E-state index in [2.05, 4.69) is 10.5 Å². The van der Waals surface area contributed by atoms with Crippen molar-refractivity contribution in [2.24, 2.45) is 0 Å². The molecule has 0 aliphatic heterocycles. The molecule has 0 unspecified atom stereocenters. The van der Waals surface area contributed by atoms with E-state index in [0.29, 0.717) is 17.0 Å². The lowest BCUT2D eigenvalue weighted by molar-refractivity contribution is -0.116. The number of nitrogens with one attached hydrogen (secondary N) is 1. The number of rotatable bonds is 4. The first-order chi connectivity index (χ1) is 9.47. The maximum absolute atomic E-state index is 13.6. The van der Waals surface area contributed by atoms with Crippen molar-refractivity contribution in [1.82, 2.24) is 5.16 Å². The van der Waals surface area contributed by atoms with E-state index in [4.69, 9.17) is 4.52 Å². The first-order valence-electron chi connectivity index (χ1n) is 6.13. The molecule has 1 amide bonds. The summed E-state index contributed by atoms with van der Waals surface area (Å²) in [6, 6.07) is 3.35. The van der Waals surface area contributed by atoms with E-state index in [1.165, 1.54) is 18.3 Å². The van der Waals surface area contributed by atoms with Gasteiger partial charge in [0.25, 0.3) is 0 Å². The highest BCUT2D eigenvalue weighted by atomic mass is 19.1. The van der Waals surface area contributed by atoms with E-state index in [-0.39, 0.29) is 18.2 Å². The molecule has 106 valence electrons. The summed E-state index contributed by atoms with van der Waals surface area (Å²) in [7, 11) is 0. The second-order valence-corrected chi connectivity index (χ2v) is 4.61. The quantitative estimate of drug-likeness (QED) is 0.934. The fraction of sp³-hybridized carbons (Fsp3) is 0.286. The summed E-state index contributed by atoms with van der Waals surface area (Å²) in [5.41, 5.74) is 0.797. The smallest absolute Gasteiger partial charge is 0.225 e. The van der Waals surface area contributed by atoms with Gasteiger partial charge in [0.05, 0.1) is 6.20 Å². The number of aryl methyl sites for hydroxylation is 1. The Hall–Kier alpha value is -2.24. The van der Waals surface area contributed by atoms with Gasteiger partial charge in [-0.25, -0.2) is 8.78 Å². The van der Waals surface area contributed by atoms with E-state index in [1.54, 1.807) is 13.8 Å². The number of carbonyl (C=O) groups is 1. The minimum Gasteiger partial charge on any atom is -0.359 e. The molecule has 0 aliphatic carbocycles. The first-order valence-corrected chi connectivity index (χ1v) is 6.13. The van der Waals surface area contributed by atoms with Crippen LogP contribution >= 0.6 is 0 Å². The molecule has 2 aromatic rings. The average molecular weight is 280 g/mol. The fourth-order valence-corrected chi connectivity index (χ4v) is 1.91. The predicted octanol–water partition coefficient (Wildman–Crippen LogP) is 3.39. The predicted molar refractivity (Wildman–Crippen MR) is 69.3 cm³/mol. The van der Waals surface area contributed by atoms with Crippen LogP contribution < -0.4 is 5.32 Å². The Morgan fingerprint density at radius 2 is 2.20 bits per heavy atom. The van der Waals surface area contributed by atoms with Crippen molar-refractivity contribution in [2.75, 3.05) is 5.32 Å². The van der Waals surface area contributed by atoms with Crippen LogP contribution in [-0.2, 0) is 4.79 Å². The Labute approximate surface area is 114 Å². The lowest BCUT2D eigenvalue weighted by Crippen LogP contribution is -2.15. The standard InChI is InChI=1S/C14H14F2N2O2/c1-8(11-4-3-10(15)6-12(11)16)5-14(19)18-13-7-17-20-9(13)2/h3-4,6-8H,5H2,1-2H3,(H,18,19)/t8-/m0/s1. The van der Waals surface area contributed by atoms with Gasteiger partial charge in [-0.3, -0.25) is 4.79 Å². The molecule has 1 atom stereocenters. The van der Waals surface area contributed by atoms with Crippen molar-refractivity contribution < 1.29 is 18.1 Å². The minimum atomic E-state index is -0.647. The number of halogens is 2. The van der Waals surface area contributed by atoms with Crippen molar-refractivity contribution in [3.63, 3.8) is 0 Å². The highest BCUT2D eigenvalue weighted by Crippen LogP contribution is 2.23. The molecule has 4 nitrogen and oxygen atoms in total. The van der Waals surface area contributed by atoms with Gasteiger partial charge >= 0.3 is 0 Å². The molecule has 20 heavy (non-hydrogen) atoms. The van der Waals surface area contributed by atoms with Gasteiger partial charge in [-0.15, -0.1) is 0 Å². The topological polar surface area (TPSA) is 55.1 Å². The lowest BCUT2D eigenvalue weighted by atomic mass is 9.97. The monoisotopic (exact) mass is 280 g/mol. The van der Waals surface area contributed by atoms with Crippen LogP contribution in [0.1, 0.15) is 30.6 Å². The third kappa shape index (κ3) is 3.20. The molecule has 0 saturated heterocycles. The summed E-state index contributed by atoms with van der Waals surface area (Å²) < 4.78 is 31.3. The maximum Gasteiger partial charge on any atom is 0.225 e. The SMILES string of the molecule is Cc1oncc1NC(=O)C[C@H](C)c1ccc(F)cc1F. The van der Waals surface area contributed by atoms with Crippen LogP contribution in [0.3, 0.4) is 0 Å². The van der Waals surface area contributed by atoms with E-state index in [0.717, 1.165) is 6.07 Å². The molecule has 0 spiro atoms. The van der Waals surface area contributed by atoms with Gasteiger partial charge < -0.3 is 9.84 Å². The van der Waals surface area contributed by atoms with Crippen molar-refractivity contribution in [1.29, 1.82) is 0 Å². The Bertz CT molecular complexity index is 625. The van der Waals surface area contributed by atoms with E-state index in [1.807, 2.05) is 0 Å². The Morgan fingerprint density at radius 3 is 2.80 bits per heavy atom. The summed E-state index contributed by atoms with van der Waals surface area (Å²) in [5, 5.41) is 6.17. The minimum absolute atomic E-state index is 0.0766. The molecule has 0 fully saturated rings. The second kappa shape index (κ2) is 5.81. The van der Waals surface area contributed by atoms with Crippen LogP contribution in [0.5, 0.6) is 0 Å². The zero-order chi connectivity index (χ0) is 14.7. The van der Waals surface area contributed by atoms with E-state index >= 15 is 0 Å². The fourth-order valence-electron chi connectivity index (χ4n) is 1.91. The van der Waals surface area contributed by atoms with Crippen LogP contribution in [0, 0.1) is 18.6 Å². The van der Waals surface area contributed by atoms with Gasteiger partial charge in [0, 0.05) is 12.5 Å². The van der Waals surface area contributed by atoms with Gasteiger partial charge in [-0.1, -0.05) is 18.1 Å². The molecule has 0 saturated carbocycles. The number of amides is 1. The number of aromatic nitrogens is 1. The van der Waals surface area contributed by atoms with Gasteiger partial charge in [-0.2, -0.15) is 0 Å². The highest BCUT2D eigenvalue weighted by Gasteiger charge is 2.16. The van der Waals surface area contributed by atoms with Gasteiger partial charge in [0.1, 0.15) is 17.3 Å². The summed E-state index contributed by atoms with van der Waals surface area (Å²) in [6.07, 6.45) is 1.48. The molecule has 1 aromatic carbocycles. The summed E-state index contributed by atoms with van der Waals surface area (Å²) in [5.74, 6) is -1.43. The average Bonchev–Trinajstić information content (AvgIpc) is 2.74. The Balaban J connectivity index is 2.02. The summed E-state index contributed by atoms with van der Waals surface area (Å²) >= 11 is 0. The number of benzene rings is 1. The van der Waals surface area contributed by atoms with Crippen molar-refractivity contribution in [3.8, 4) is 0 Å². The van der Waals surface area contributed by atoms with E-state index in [9.17, 15) is 13.6 Å². The molecular formula is C14H14F2N2O2. The summed E-state index contributed by atoms with van der Waals surface area (Å²) in [4.78, 5) is 11.8. The number of anilines is 1. The second-order valence-electron chi connectivity index (χ2n) is 4.61. The molecule has 0 aliphatic rings. The van der Waals surface area contributed by atoms with Crippen LogP contribution in [0.4, 0.5) is 14.5 Å². The maximum atomic E-state index is 13.6. The highest BCUT2D eigenvalue weighted by molar-refractivity contribution is 5.91. The largest absolute Gasteiger partial charge is 0.359 e. The van der Waals surface area contributed by atoms with E-state index < -0.39 is 11.6 Å². The zero-order valence-corrected chi connectivity index (χ0v) is 11.1. The molecule has 2 rings (SSSR count). The van der Waals surface area contributed by atoms with Crippen molar-refractivity contribution in [3.05, 3.63) is 47.4 Å². The third-order valence-corrected chi connectivity index (χ3v) is 3.01. The van der Waals surface area contributed by atoms with Crippen LogP contribution in [0.15, 0.2) is 28.9 Å². The third-order valence-electron chi connectivity index (χ3n) is 3.01. The lowest BCUT2D eigenvalue weighted by Gasteiger charge is -2.12. The Morgan fingerprint density at radius 1 is 1.45 bits per heavy atom. The van der Waals surface area contributed by atoms with Crippen molar-refractivity contribution >= 4 is 11.6 Å². The number of carbonyl (C=O) groups excluding carboxylic acids is 1. The zero-order valence-electron chi connectivity index (χ0n) is 11.1. The van der Waals surface area contributed by atoms with Gasteiger partial charge in [-0.05, 0) is 24.5 Å². The molecule has 1 heterocycles. The molecule has 0 radical (unpaired) electrons. The molecule has 6 heteroatoms. The molecule has 1 aromatic heterocycles. The first kappa shape index (κ1) is 14.2. The molecule has 0 bridgehead atoms. The molecular weight excluding hydrogens is 266 g/mol.